The van der Waals surface area contributed by atoms with E-state index in [9.17, 15) is 0 Å². The van der Waals surface area contributed by atoms with E-state index in [1.54, 1.807) is 6.26 Å². The fourth-order valence-corrected chi connectivity index (χ4v) is 2.58. The van der Waals surface area contributed by atoms with Crippen LogP contribution in [0.2, 0.25) is 0 Å². The summed E-state index contributed by atoms with van der Waals surface area (Å²) in [6.07, 6.45) is 2.39. The Morgan fingerprint density at radius 3 is 2.78 bits per heavy atom. The van der Waals surface area contributed by atoms with Crippen LogP contribution in [-0.2, 0) is 13.0 Å². The highest BCUT2D eigenvalue weighted by Gasteiger charge is 2.19. The van der Waals surface area contributed by atoms with Gasteiger partial charge in [0.15, 0.2) is 0 Å². The van der Waals surface area contributed by atoms with E-state index in [2.05, 4.69) is 28.0 Å². The Labute approximate surface area is 115 Å². The second-order valence-corrected chi connectivity index (χ2v) is 5.23. The van der Waals surface area contributed by atoms with Crippen LogP contribution in [0.4, 0.5) is 0 Å². The van der Waals surface area contributed by atoms with Crippen molar-refractivity contribution >= 4 is 15.9 Å². The Bertz CT molecular complexity index is 544. The van der Waals surface area contributed by atoms with Crippen molar-refractivity contribution < 1.29 is 4.42 Å². The van der Waals surface area contributed by atoms with E-state index >= 15 is 0 Å². The van der Waals surface area contributed by atoms with E-state index in [4.69, 9.17) is 10.2 Å². The molecule has 0 aliphatic carbocycles. The van der Waals surface area contributed by atoms with Crippen LogP contribution >= 0.6 is 15.9 Å². The number of furan rings is 1. The van der Waals surface area contributed by atoms with Gasteiger partial charge in [0.1, 0.15) is 5.76 Å². The van der Waals surface area contributed by atoms with Gasteiger partial charge in [0.25, 0.3) is 0 Å². The molecule has 0 aliphatic rings. The van der Waals surface area contributed by atoms with Gasteiger partial charge in [-0.2, -0.15) is 5.10 Å². The first-order valence-corrected chi connectivity index (χ1v) is 6.85. The van der Waals surface area contributed by atoms with Gasteiger partial charge in [-0.25, -0.2) is 0 Å². The molecule has 0 aromatic carbocycles. The highest BCUT2D eigenvalue weighted by molar-refractivity contribution is 9.10. The zero-order valence-electron chi connectivity index (χ0n) is 10.9. The highest BCUT2D eigenvalue weighted by atomic mass is 79.9. The summed E-state index contributed by atoms with van der Waals surface area (Å²) in [5.41, 5.74) is 9.43. The molecule has 2 aromatic heterocycles. The number of halogens is 1. The maximum Gasteiger partial charge on any atom is 0.123 e. The summed E-state index contributed by atoms with van der Waals surface area (Å²) < 4.78 is 8.48. The number of aromatic nitrogens is 2. The van der Waals surface area contributed by atoms with Gasteiger partial charge in [0, 0.05) is 13.0 Å². The van der Waals surface area contributed by atoms with Crippen molar-refractivity contribution in [3.63, 3.8) is 0 Å². The summed E-state index contributed by atoms with van der Waals surface area (Å²) in [7, 11) is 0. The topological polar surface area (TPSA) is 57.0 Å². The van der Waals surface area contributed by atoms with Crippen molar-refractivity contribution in [1.82, 2.24) is 9.78 Å². The number of rotatable bonds is 4. The van der Waals surface area contributed by atoms with Crippen LogP contribution in [0.5, 0.6) is 0 Å². The summed E-state index contributed by atoms with van der Waals surface area (Å²) in [5, 5.41) is 4.47. The molecule has 0 saturated carbocycles. The molecule has 18 heavy (non-hydrogen) atoms. The Hall–Kier alpha value is -1.07. The lowest BCUT2D eigenvalue weighted by molar-refractivity contribution is 0.453. The summed E-state index contributed by atoms with van der Waals surface area (Å²) in [4.78, 5) is 0. The molecule has 0 saturated heterocycles. The number of hydrogen-bond donors (Lipinski definition) is 1. The lowest BCUT2D eigenvalue weighted by Crippen LogP contribution is -2.16. The Balaban J connectivity index is 2.27. The first-order chi connectivity index (χ1) is 8.54. The minimum Gasteiger partial charge on any atom is -0.467 e. The van der Waals surface area contributed by atoms with Crippen molar-refractivity contribution in [3.8, 4) is 0 Å². The van der Waals surface area contributed by atoms with E-state index in [-0.39, 0.29) is 6.04 Å². The zero-order chi connectivity index (χ0) is 13.3. The molecule has 2 rings (SSSR count). The van der Waals surface area contributed by atoms with Gasteiger partial charge < -0.3 is 10.2 Å². The van der Waals surface area contributed by atoms with E-state index in [0.29, 0.717) is 6.42 Å². The van der Waals surface area contributed by atoms with Crippen molar-refractivity contribution in [1.29, 1.82) is 0 Å². The van der Waals surface area contributed by atoms with Crippen LogP contribution in [0.25, 0.3) is 0 Å². The number of aryl methyl sites for hydroxylation is 3. The molecule has 2 heterocycles. The normalized spacial score (nSPS) is 12.9. The lowest BCUT2D eigenvalue weighted by atomic mass is 10.1. The summed E-state index contributed by atoms with van der Waals surface area (Å²) >= 11 is 3.58. The minimum absolute atomic E-state index is 0.141. The van der Waals surface area contributed by atoms with Gasteiger partial charge in [-0.15, -0.1) is 0 Å². The molecule has 1 atom stereocenters. The minimum atomic E-state index is -0.141. The van der Waals surface area contributed by atoms with Crippen molar-refractivity contribution in [2.45, 2.75) is 39.8 Å². The molecule has 0 aliphatic heterocycles. The first-order valence-electron chi connectivity index (χ1n) is 6.06. The fraction of sp³-hybridized carbons (Fsp3) is 0.462. The van der Waals surface area contributed by atoms with E-state index in [1.807, 2.05) is 24.6 Å². The highest BCUT2D eigenvalue weighted by Crippen LogP contribution is 2.27. The number of hydrogen-bond acceptors (Lipinski definition) is 3. The quantitative estimate of drug-likeness (QED) is 0.943. The summed E-state index contributed by atoms with van der Waals surface area (Å²) in [6, 6.07) is 1.80. The van der Waals surface area contributed by atoms with Crippen LogP contribution in [0.3, 0.4) is 0 Å². The molecule has 2 N–H and O–H groups in total. The molecule has 1 unspecified atom stereocenters. The molecule has 5 heteroatoms. The van der Waals surface area contributed by atoms with Crippen LogP contribution in [0.1, 0.15) is 35.7 Å². The van der Waals surface area contributed by atoms with Gasteiger partial charge >= 0.3 is 0 Å². The van der Waals surface area contributed by atoms with E-state index in [0.717, 1.165) is 33.7 Å². The molecule has 0 spiro atoms. The van der Waals surface area contributed by atoms with Crippen LogP contribution < -0.4 is 5.73 Å². The molecular weight excluding hydrogens is 294 g/mol. The van der Waals surface area contributed by atoms with Crippen molar-refractivity contribution in [2.24, 2.45) is 5.73 Å². The van der Waals surface area contributed by atoms with Crippen molar-refractivity contribution in [3.05, 3.63) is 39.5 Å². The maximum atomic E-state index is 6.22. The first kappa shape index (κ1) is 13.4. The maximum absolute atomic E-state index is 6.22. The van der Waals surface area contributed by atoms with E-state index < -0.39 is 0 Å². The average Bonchev–Trinajstić information content (AvgIpc) is 2.87. The molecule has 0 radical (unpaired) electrons. The predicted octanol–water partition coefficient (Wildman–Crippen LogP) is 3.12. The van der Waals surface area contributed by atoms with Gasteiger partial charge in [-0.3, -0.25) is 4.68 Å². The Morgan fingerprint density at radius 2 is 2.22 bits per heavy atom. The fourth-order valence-electron chi connectivity index (χ4n) is 2.13. The van der Waals surface area contributed by atoms with Crippen LogP contribution in [0.15, 0.2) is 21.2 Å². The molecule has 0 bridgehead atoms. The van der Waals surface area contributed by atoms with Gasteiger partial charge in [0.05, 0.1) is 28.2 Å². The predicted molar refractivity (Wildman–Crippen MR) is 74.4 cm³/mol. The monoisotopic (exact) mass is 311 g/mol. The second kappa shape index (κ2) is 5.28. The van der Waals surface area contributed by atoms with Crippen LogP contribution in [-0.4, -0.2) is 9.78 Å². The molecule has 98 valence electrons. The smallest absolute Gasteiger partial charge is 0.123 e. The van der Waals surface area contributed by atoms with Gasteiger partial charge in [0.2, 0.25) is 0 Å². The molecule has 0 amide bonds. The standard InChI is InChI=1S/C13H18BrN3O/c1-4-17-11(12(14)9(3)16-17)7-10(15)13-8(2)5-6-18-13/h5-6,10H,4,7,15H2,1-3H3. The largest absolute Gasteiger partial charge is 0.467 e. The third-order valence-electron chi connectivity index (χ3n) is 3.10. The lowest BCUT2D eigenvalue weighted by Gasteiger charge is -2.12. The molecule has 4 nitrogen and oxygen atoms in total. The van der Waals surface area contributed by atoms with Crippen molar-refractivity contribution in [2.75, 3.05) is 0 Å². The summed E-state index contributed by atoms with van der Waals surface area (Å²) in [5.74, 6) is 0.850. The second-order valence-electron chi connectivity index (χ2n) is 4.44. The third-order valence-corrected chi connectivity index (χ3v) is 4.14. The molecular formula is C13H18BrN3O. The number of nitrogens with two attached hydrogens (primary N) is 1. The zero-order valence-corrected chi connectivity index (χ0v) is 12.5. The van der Waals surface area contributed by atoms with E-state index in [1.165, 1.54) is 0 Å². The average molecular weight is 312 g/mol. The van der Waals surface area contributed by atoms with Crippen LogP contribution in [0, 0.1) is 13.8 Å². The van der Waals surface area contributed by atoms with Gasteiger partial charge in [-0.05, 0) is 48.3 Å². The Kier molecular flexibility index (Phi) is 3.92. The summed E-state index contributed by atoms with van der Waals surface area (Å²) in [6.45, 7) is 6.91. The third kappa shape index (κ3) is 2.37. The van der Waals surface area contributed by atoms with Gasteiger partial charge in [-0.1, -0.05) is 0 Å². The SMILES string of the molecule is CCn1nc(C)c(Br)c1CC(N)c1occc1C. The molecule has 2 aromatic rings. The Morgan fingerprint density at radius 1 is 1.50 bits per heavy atom. The number of nitrogens with zero attached hydrogens (tertiary/aromatic N) is 2. The molecule has 0 fully saturated rings.